The molecule has 0 spiro atoms. The number of aromatic nitrogens is 2. The van der Waals surface area contributed by atoms with E-state index in [1.165, 1.54) is 0 Å². The van der Waals surface area contributed by atoms with Crippen molar-refractivity contribution in [2.75, 3.05) is 25.1 Å². The quantitative estimate of drug-likeness (QED) is 0.465. The van der Waals surface area contributed by atoms with Crippen molar-refractivity contribution in [1.29, 1.82) is 0 Å². The summed E-state index contributed by atoms with van der Waals surface area (Å²) in [6, 6.07) is 7.60. The summed E-state index contributed by atoms with van der Waals surface area (Å²) < 4.78 is 11.9. The molecule has 0 unspecified atom stereocenters. The summed E-state index contributed by atoms with van der Waals surface area (Å²) in [6.07, 6.45) is 5.57. The van der Waals surface area contributed by atoms with Gasteiger partial charge in [-0.05, 0) is 43.5 Å². The van der Waals surface area contributed by atoms with Crippen LogP contribution in [0.15, 0.2) is 36.7 Å². The van der Waals surface area contributed by atoms with Crippen molar-refractivity contribution in [1.82, 2.24) is 15.3 Å². The lowest BCUT2D eigenvalue weighted by molar-refractivity contribution is 0.0680. The van der Waals surface area contributed by atoms with Crippen LogP contribution in [0.2, 0.25) is 5.02 Å². The van der Waals surface area contributed by atoms with Crippen molar-refractivity contribution in [3.05, 3.63) is 58.5 Å². The van der Waals surface area contributed by atoms with Crippen LogP contribution in [0.25, 0.3) is 11.3 Å². The van der Waals surface area contributed by atoms with Gasteiger partial charge in [0.05, 0.1) is 29.2 Å². The number of nitrogens with one attached hydrogen (secondary N) is 3. The van der Waals surface area contributed by atoms with E-state index in [-0.39, 0.29) is 17.9 Å². The molecule has 1 fully saturated rings. The first-order valence-corrected chi connectivity index (χ1v) is 11.7. The van der Waals surface area contributed by atoms with E-state index in [1.54, 1.807) is 12.4 Å². The minimum atomic E-state index is -0.108. The van der Waals surface area contributed by atoms with Crippen molar-refractivity contribution >= 4 is 28.9 Å². The zero-order valence-corrected chi connectivity index (χ0v) is 19.5. The molecule has 2 atom stereocenters. The maximum Gasteiger partial charge on any atom is 0.255 e. The van der Waals surface area contributed by atoms with Gasteiger partial charge in [-0.2, -0.15) is 0 Å². The molecule has 3 aromatic rings. The average Bonchev–Trinajstić information content (AvgIpc) is 3.47. The molecule has 1 saturated heterocycles. The Labute approximate surface area is 197 Å². The molecule has 3 N–H and O–H groups in total. The predicted molar refractivity (Wildman–Crippen MR) is 129 cm³/mol. The van der Waals surface area contributed by atoms with Gasteiger partial charge in [0.1, 0.15) is 12.4 Å². The molecular formula is C25H27ClN4O3. The number of nitrogens with zero attached hydrogens (tertiary/aromatic N) is 1. The van der Waals surface area contributed by atoms with Crippen LogP contribution >= 0.6 is 11.6 Å². The maximum absolute atomic E-state index is 13.0. The molecule has 5 rings (SSSR count). The highest BCUT2D eigenvalue weighted by Crippen LogP contribution is 2.43. The number of fused-ring (bicyclic) bond motifs is 1. The molecule has 1 amide bonds. The summed E-state index contributed by atoms with van der Waals surface area (Å²) in [6.45, 7) is 5.87. The van der Waals surface area contributed by atoms with Gasteiger partial charge in [-0.3, -0.25) is 9.78 Å². The van der Waals surface area contributed by atoms with Crippen LogP contribution in [0.5, 0.6) is 5.75 Å². The summed E-state index contributed by atoms with van der Waals surface area (Å²) in [7, 11) is 0. The number of ether oxygens (including phenoxy) is 2. The van der Waals surface area contributed by atoms with Gasteiger partial charge in [0, 0.05) is 47.2 Å². The number of hydrogen-bond acceptors (Lipinski definition) is 5. The SMILES string of the molecule is Cc1c(Cl)cccc1Nc1c(-c2ccncc2OC[C@@H]2CCCO2)[nH]c2c1C(=O)NC[C@H]2C. The van der Waals surface area contributed by atoms with Gasteiger partial charge in [0.15, 0.2) is 0 Å². The Hall–Kier alpha value is -3.03. The number of amides is 1. The minimum Gasteiger partial charge on any atom is -0.489 e. The molecule has 7 nitrogen and oxygen atoms in total. The molecule has 1 aromatic carbocycles. The van der Waals surface area contributed by atoms with Crippen molar-refractivity contribution in [3.63, 3.8) is 0 Å². The number of benzene rings is 1. The second-order valence-corrected chi connectivity index (χ2v) is 9.04. The largest absolute Gasteiger partial charge is 0.489 e. The van der Waals surface area contributed by atoms with Crippen LogP contribution in [-0.2, 0) is 4.74 Å². The smallest absolute Gasteiger partial charge is 0.255 e. The van der Waals surface area contributed by atoms with E-state index in [0.717, 1.165) is 47.7 Å². The third kappa shape index (κ3) is 4.18. The second-order valence-electron chi connectivity index (χ2n) is 8.63. The summed E-state index contributed by atoms with van der Waals surface area (Å²) >= 11 is 6.37. The number of aromatic amines is 1. The van der Waals surface area contributed by atoms with Gasteiger partial charge in [-0.1, -0.05) is 24.6 Å². The van der Waals surface area contributed by atoms with E-state index >= 15 is 0 Å². The third-order valence-electron chi connectivity index (χ3n) is 6.35. The number of rotatable bonds is 6. The van der Waals surface area contributed by atoms with E-state index in [2.05, 4.69) is 27.5 Å². The molecule has 2 aliphatic rings. The zero-order chi connectivity index (χ0) is 22.9. The first-order valence-electron chi connectivity index (χ1n) is 11.3. The van der Waals surface area contributed by atoms with Gasteiger partial charge in [0.25, 0.3) is 5.91 Å². The summed E-state index contributed by atoms with van der Waals surface area (Å²) in [4.78, 5) is 20.8. The molecule has 0 aliphatic carbocycles. The van der Waals surface area contributed by atoms with Crippen LogP contribution < -0.4 is 15.4 Å². The fourth-order valence-corrected chi connectivity index (χ4v) is 4.60. The predicted octanol–water partition coefficient (Wildman–Crippen LogP) is 5.19. The lowest BCUT2D eigenvalue weighted by Gasteiger charge is -2.20. The van der Waals surface area contributed by atoms with E-state index in [1.807, 2.05) is 31.2 Å². The Morgan fingerprint density at radius 1 is 1.33 bits per heavy atom. The molecule has 172 valence electrons. The van der Waals surface area contributed by atoms with Crippen LogP contribution in [0.1, 0.15) is 47.3 Å². The van der Waals surface area contributed by atoms with E-state index in [4.69, 9.17) is 21.1 Å². The number of carbonyl (C=O) groups excluding carboxylic acids is 1. The zero-order valence-electron chi connectivity index (χ0n) is 18.7. The molecule has 2 aliphatic heterocycles. The Morgan fingerprint density at radius 2 is 2.21 bits per heavy atom. The van der Waals surface area contributed by atoms with E-state index < -0.39 is 0 Å². The fourth-order valence-electron chi connectivity index (χ4n) is 4.43. The molecule has 33 heavy (non-hydrogen) atoms. The summed E-state index contributed by atoms with van der Waals surface area (Å²) in [5, 5.41) is 7.14. The molecule has 4 heterocycles. The lowest BCUT2D eigenvalue weighted by atomic mass is 9.98. The van der Waals surface area contributed by atoms with Crippen LogP contribution in [0, 0.1) is 6.92 Å². The van der Waals surface area contributed by atoms with Gasteiger partial charge in [-0.25, -0.2) is 0 Å². The van der Waals surface area contributed by atoms with Gasteiger partial charge in [0.2, 0.25) is 0 Å². The number of anilines is 2. The summed E-state index contributed by atoms with van der Waals surface area (Å²) in [5.74, 6) is 0.680. The van der Waals surface area contributed by atoms with Crippen molar-refractivity contribution in [2.24, 2.45) is 0 Å². The van der Waals surface area contributed by atoms with Crippen molar-refractivity contribution in [2.45, 2.75) is 38.7 Å². The van der Waals surface area contributed by atoms with E-state index in [9.17, 15) is 4.79 Å². The van der Waals surface area contributed by atoms with Crippen LogP contribution in [0.3, 0.4) is 0 Å². The Morgan fingerprint density at radius 3 is 3.03 bits per heavy atom. The molecular weight excluding hydrogens is 440 g/mol. The second kappa shape index (κ2) is 9.08. The number of H-pyrrole nitrogens is 1. The molecule has 0 bridgehead atoms. The van der Waals surface area contributed by atoms with Gasteiger partial charge < -0.3 is 25.1 Å². The first kappa shape index (κ1) is 21.8. The number of hydrogen-bond donors (Lipinski definition) is 3. The molecule has 8 heteroatoms. The van der Waals surface area contributed by atoms with Crippen molar-refractivity contribution < 1.29 is 14.3 Å². The Kier molecular flexibility index (Phi) is 6.00. The Balaban J connectivity index is 1.60. The van der Waals surface area contributed by atoms with Crippen LogP contribution in [-0.4, -0.2) is 41.7 Å². The standard InChI is InChI=1S/C25H27ClN4O3/c1-14-11-28-25(31)21-22(14)30-23(24(21)29-19-7-3-6-18(26)15(19)2)17-8-9-27-12-20(17)33-13-16-5-4-10-32-16/h3,6-9,12,14,16,29-30H,4-5,10-11,13H2,1-2H3,(H,28,31)/t14-,16+/m1/s1. The highest BCUT2D eigenvalue weighted by atomic mass is 35.5. The average molecular weight is 467 g/mol. The fraction of sp³-hybridized carbons (Fsp3) is 0.360. The lowest BCUT2D eigenvalue weighted by Crippen LogP contribution is -2.33. The molecule has 2 aromatic heterocycles. The van der Waals surface area contributed by atoms with Gasteiger partial charge >= 0.3 is 0 Å². The minimum absolute atomic E-state index is 0.0902. The number of pyridine rings is 1. The molecule has 0 radical (unpaired) electrons. The van der Waals surface area contributed by atoms with Gasteiger partial charge in [-0.15, -0.1) is 0 Å². The van der Waals surface area contributed by atoms with Crippen molar-refractivity contribution in [3.8, 4) is 17.0 Å². The number of halogens is 1. The maximum atomic E-state index is 13.0. The van der Waals surface area contributed by atoms with Crippen LogP contribution in [0.4, 0.5) is 11.4 Å². The monoisotopic (exact) mass is 466 g/mol. The molecule has 0 saturated carbocycles. The summed E-state index contributed by atoms with van der Waals surface area (Å²) in [5.41, 5.74) is 5.59. The van der Waals surface area contributed by atoms with E-state index in [0.29, 0.717) is 35.2 Å². The third-order valence-corrected chi connectivity index (χ3v) is 6.76. The highest BCUT2D eigenvalue weighted by Gasteiger charge is 2.32. The normalized spacial score (nSPS) is 19.8. The Bertz CT molecular complexity index is 1190. The highest BCUT2D eigenvalue weighted by molar-refractivity contribution is 6.31. The topological polar surface area (TPSA) is 88.3 Å². The first-order chi connectivity index (χ1) is 16.0. The number of carbonyl (C=O) groups is 1.